The number of carbonyl (C=O) groups excluding carboxylic acids is 1. The number of allylic oxidation sites excluding steroid dienone is 1. The lowest BCUT2D eigenvalue weighted by atomic mass is 10.1. The zero-order valence-electron chi connectivity index (χ0n) is 23.7. The molecule has 3 heteroatoms. The number of thioether (sulfide) groups is 1. The molecule has 0 bridgehead atoms. The monoisotopic (exact) mass is 522 g/mol. The van der Waals surface area contributed by atoms with E-state index in [1.807, 2.05) is 54.2 Å². The zero-order chi connectivity index (χ0) is 26.6. The van der Waals surface area contributed by atoms with Crippen molar-refractivity contribution in [1.29, 1.82) is 0 Å². The van der Waals surface area contributed by atoms with Crippen molar-refractivity contribution in [3.8, 4) is 5.75 Å². The Morgan fingerprint density at radius 1 is 0.784 bits per heavy atom. The second-order valence-corrected chi connectivity index (χ2v) is 11.7. The Morgan fingerprint density at radius 3 is 1.97 bits per heavy atom. The van der Waals surface area contributed by atoms with Gasteiger partial charge in [0.1, 0.15) is 5.75 Å². The molecule has 0 N–H and O–H groups in total. The van der Waals surface area contributed by atoms with Gasteiger partial charge in [-0.2, -0.15) is 0 Å². The molecule has 0 aliphatic rings. The molecule has 0 saturated carbocycles. The molecule has 0 radical (unpaired) electrons. The second-order valence-electron chi connectivity index (χ2n) is 10.6. The van der Waals surface area contributed by atoms with Crippen molar-refractivity contribution in [1.82, 2.24) is 0 Å². The first kappa shape index (κ1) is 31.2. The molecule has 0 aromatic heterocycles. The van der Waals surface area contributed by atoms with Crippen LogP contribution >= 0.6 is 11.8 Å². The van der Waals surface area contributed by atoms with Crippen LogP contribution in [0.3, 0.4) is 0 Å². The molecular formula is C34H50O2S. The molecule has 0 saturated heterocycles. The summed E-state index contributed by atoms with van der Waals surface area (Å²) in [7, 11) is 0. The number of unbranched alkanes of at least 4 members (excludes halogenated alkanes) is 10. The highest BCUT2D eigenvalue weighted by atomic mass is 32.2. The Bertz CT molecular complexity index is 868. The average Bonchev–Trinajstić information content (AvgIpc) is 2.91. The van der Waals surface area contributed by atoms with Crippen LogP contribution in [0.25, 0.3) is 6.08 Å². The van der Waals surface area contributed by atoms with Crippen LogP contribution in [0.4, 0.5) is 0 Å². The van der Waals surface area contributed by atoms with Crippen LogP contribution in [-0.4, -0.2) is 18.1 Å². The maximum Gasteiger partial charge on any atom is 0.185 e. The van der Waals surface area contributed by atoms with Crippen LogP contribution in [0.1, 0.15) is 120 Å². The highest BCUT2D eigenvalue weighted by Gasteiger charge is 2.03. The van der Waals surface area contributed by atoms with Crippen LogP contribution < -0.4 is 4.74 Å². The number of carbonyl (C=O) groups is 1. The van der Waals surface area contributed by atoms with Gasteiger partial charge in [0.05, 0.1) is 6.61 Å². The summed E-state index contributed by atoms with van der Waals surface area (Å²) < 4.78 is 5.90. The number of benzene rings is 2. The van der Waals surface area contributed by atoms with Crippen LogP contribution in [0.2, 0.25) is 0 Å². The van der Waals surface area contributed by atoms with Crippen molar-refractivity contribution in [3.05, 3.63) is 65.7 Å². The maximum atomic E-state index is 12.6. The van der Waals surface area contributed by atoms with Gasteiger partial charge in [0.25, 0.3) is 0 Å². The first-order chi connectivity index (χ1) is 18.1. The largest absolute Gasteiger partial charge is 0.494 e. The van der Waals surface area contributed by atoms with E-state index >= 15 is 0 Å². The van der Waals surface area contributed by atoms with E-state index in [2.05, 4.69) is 32.9 Å². The van der Waals surface area contributed by atoms with Crippen LogP contribution in [0, 0.1) is 5.92 Å². The van der Waals surface area contributed by atoms with Crippen LogP contribution in [0.15, 0.2) is 59.5 Å². The van der Waals surface area contributed by atoms with Gasteiger partial charge in [0.15, 0.2) is 5.78 Å². The van der Waals surface area contributed by atoms with Gasteiger partial charge in [-0.25, -0.2) is 0 Å². The predicted molar refractivity (Wildman–Crippen MR) is 163 cm³/mol. The first-order valence-corrected chi connectivity index (χ1v) is 15.7. The van der Waals surface area contributed by atoms with Crippen molar-refractivity contribution in [3.63, 3.8) is 0 Å². The topological polar surface area (TPSA) is 26.3 Å². The van der Waals surface area contributed by atoms with E-state index < -0.39 is 0 Å². The molecular weight excluding hydrogens is 472 g/mol. The highest BCUT2D eigenvalue weighted by molar-refractivity contribution is 7.99. The summed E-state index contributed by atoms with van der Waals surface area (Å²) in [5.41, 5.74) is 1.74. The lowest BCUT2D eigenvalue weighted by molar-refractivity contribution is 0.104. The van der Waals surface area contributed by atoms with Gasteiger partial charge in [-0.3, -0.25) is 4.79 Å². The van der Waals surface area contributed by atoms with Crippen molar-refractivity contribution >= 4 is 23.6 Å². The fourth-order valence-corrected chi connectivity index (χ4v) is 5.17. The molecule has 0 spiro atoms. The van der Waals surface area contributed by atoms with Crippen LogP contribution in [-0.2, 0) is 0 Å². The smallest absolute Gasteiger partial charge is 0.185 e. The first-order valence-electron chi connectivity index (χ1n) is 14.8. The molecule has 37 heavy (non-hydrogen) atoms. The van der Waals surface area contributed by atoms with E-state index in [9.17, 15) is 4.79 Å². The normalized spacial score (nSPS) is 11.5. The predicted octanol–water partition coefficient (Wildman–Crippen LogP) is 10.8. The Morgan fingerprint density at radius 2 is 1.38 bits per heavy atom. The number of ketones is 1. The Labute approximate surface area is 231 Å². The maximum absolute atomic E-state index is 12.6. The van der Waals surface area contributed by atoms with Gasteiger partial charge in [-0.05, 0) is 72.6 Å². The Hall–Kier alpha value is -2.00. The quantitative estimate of drug-likeness (QED) is 0.0705. The van der Waals surface area contributed by atoms with Crippen molar-refractivity contribution in [2.45, 2.75) is 109 Å². The van der Waals surface area contributed by atoms with Gasteiger partial charge in [-0.15, -0.1) is 11.8 Å². The van der Waals surface area contributed by atoms with E-state index in [4.69, 9.17) is 4.74 Å². The highest BCUT2D eigenvalue weighted by Crippen LogP contribution is 2.21. The van der Waals surface area contributed by atoms with Gasteiger partial charge >= 0.3 is 0 Å². The lowest BCUT2D eigenvalue weighted by Gasteiger charge is -2.07. The summed E-state index contributed by atoms with van der Waals surface area (Å²) in [5, 5.41) is 0. The fraction of sp³-hybridized carbons (Fsp3) is 0.559. The zero-order valence-corrected chi connectivity index (χ0v) is 24.5. The number of hydrogen-bond donors (Lipinski definition) is 0. The van der Waals surface area contributed by atoms with Crippen molar-refractivity contribution in [2.75, 3.05) is 12.4 Å². The summed E-state index contributed by atoms with van der Waals surface area (Å²) in [4.78, 5) is 13.8. The SMILES string of the molecule is CCCCCCCCCCCCCOc1ccc(C=CC(=O)c2ccc(SCCCC(C)C)cc2)cc1. The molecule has 0 amide bonds. The van der Waals surface area contributed by atoms with Crippen molar-refractivity contribution in [2.24, 2.45) is 5.92 Å². The molecule has 2 rings (SSSR count). The van der Waals surface area contributed by atoms with Gasteiger partial charge in [0, 0.05) is 10.5 Å². The summed E-state index contributed by atoms with van der Waals surface area (Å²) in [6, 6.07) is 16.0. The molecule has 0 atom stereocenters. The Balaban J connectivity index is 1.59. The third-order valence-electron chi connectivity index (χ3n) is 6.66. The molecule has 0 fully saturated rings. The van der Waals surface area contributed by atoms with Gasteiger partial charge in [0.2, 0.25) is 0 Å². The number of rotatable bonds is 21. The molecule has 2 aromatic rings. The minimum atomic E-state index is 0.0353. The van der Waals surface area contributed by atoms with E-state index in [-0.39, 0.29) is 5.78 Å². The summed E-state index contributed by atoms with van der Waals surface area (Å²) >= 11 is 1.87. The van der Waals surface area contributed by atoms with E-state index in [1.165, 1.54) is 81.9 Å². The molecule has 2 aromatic carbocycles. The summed E-state index contributed by atoms with van der Waals surface area (Å²) in [5.74, 6) is 2.82. The minimum Gasteiger partial charge on any atom is -0.494 e. The third-order valence-corrected chi connectivity index (χ3v) is 7.76. The molecule has 0 aliphatic heterocycles. The summed E-state index contributed by atoms with van der Waals surface area (Å²) in [6.07, 6.45) is 20.8. The molecule has 0 aliphatic carbocycles. The van der Waals surface area contributed by atoms with E-state index in [1.54, 1.807) is 6.08 Å². The average molecular weight is 523 g/mol. The standard InChI is InChI=1S/C34H50O2S/c1-4-5-6-7-8-9-10-11-12-13-14-27-36-32-22-17-30(18-23-32)19-26-34(35)31-20-24-33(25-21-31)37-28-15-16-29(2)3/h17-26,29H,4-16,27-28H2,1-3H3. The van der Waals surface area contributed by atoms with E-state index in [0.29, 0.717) is 0 Å². The van der Waals surface area contributed by atoms with Gasteiger partial charge < -0.3 is 4.74 Å². The number of hydrogen-bond acceptors (Lipinski definition) is 3. The van der Waals surface area contributed by atoms with Crippen LogP contribution in [0.5, 0.6) is 5.75 Å². The minimum absolute atomic E-state index is 0.0353. The lowest BCUT2D eigenvalue weighted by Crippen LogP contribution is -1.97. The molecule has 204 valence electrons. The fourth-order valence-electron chi connectivity index (χ4n) is 4.30. The molecule has 0 heterocycles. The second kappa shape index (κ2) is 20.0. The van der Waals surface area contributed by atoms with E-state index in [0.717, 1.165) is 41.6 Å². The molecule has 0 unspecified atom stereocenters. The number of ether oxygens (including phenoxy) is 1. The summed E-state index contributed by atoms with van der Waals surface area (Å²) in [6.45, 7) is 7.58. The molecule has 2 nitrogen and oxygen atoms in total. The van der Waals surface area contributed by atoms with Gasteiger partial charge in [-0.1, -0.05) is 110 Å². The Kier molecular flexibility index (Phi) is 16.9. The third kappa shape index (κ3) is 15.1. The van der Waals surface area contributed by atoms with Crippen molar-refractivity contribution < 1.29 is 9.53 Å².